The molecule has 0 aromatic heterocycles. The number of benzene rings is 2. The second-order valence-electron chi connectivity index (χ2n) is 5.54. The quantitative estimate of drug-likeness (QED) is 0.434. The third-order valence-electron chi connectivity index (χ3n) is 3.32. The Labute approximate surface area is 148 Å². The van der Waals surface area contributed by atoms with Crippen LogP contribution in [-0.2, 0) is 4.79 Å². The fraction of sp³-hybridized carbons (Fsp3) is 0.188. The standard InChI is InChI=1S/C16H15N5O5/c1-11(2)16(22)19(13-7-9-15(10-8-13)21(25)26)18-17-12-3-5-14(6-4-12)20(23)24/h3-11H,1-2H3. The first-order valence-corrected chi connectivity index (χ1v) is 7.54. The average molecular weight is 357 g/mol. The molecule has 0 bridgehead atoms. The van der Waals surface area contributed by atoms with Crippen LogP contribution in [0.25, 0.3) is 0 Å². The molecule has 0 heterocycles. The first-order chi connectivity index (χ1) is 12.3. The van der Waals surface area contributed by atoms with Gasteiger partial charge in [0.2, 0.25) is 0 Å². The molecule has 1 amide bonds. The van der Waals surface area contributed by atoms with Gasteiger partial charge in [-0.3, -0.25) is 25.0 Å². The Kier molecular flexibility index (Phi) is 5.68. The molecule has 0 fully saturated rings. The molecule has 0 unspecified atom stereocenters. The molecule has 0 atom stereocenters. The van der Waals surface area contributed by atoms with Crippen molar-refractivity contribution in [1.29, 1.82) is 0 Å². The van der Waals surface area contributed by atoms with Crippen LogP contribution >= 0.6 is 0 Å². The molecule has 10 nitrogen and oxygen atoms in total. The Bertz CT molecular complexity index is 846. The molecule has 0 radical (unpaired) electrons. The minimum Gasteiger partial charge on any atom is -0.272 e. The summed E-state index contributed by atoms with van der Waals surface area (Å²) in [5, 5.41) is 30.3. The van der Waals surface area contributed by atoms with Gasteiger partial charge in [0.1, 0.15) is 0 Å². The summed E-state index contributed by atoms with van der Waals surface area (Å²) < 4.78 is 0. The van der Waals surface area contributed by atoms with Gasteiger partial charge in [0.25, 0.3) is 17.3 Å². The van der Waals surface area contributed by atoms with Crippen molar-refractivity contribution in [1.82, 2.24) is 0 Å². The number of amides is 1. The van der Waals surface area contributed by atoms with Crippen molar-refractivity contribution in [2.24, 2.45) is 16.3 Å². The number of hydrogen-bond donors (Lipinski definition) is 0. The summed E-state index contributed by atoms with van der Waals surface area (Å²) in [5.74, 6) is -0.745. The molecule has 2 aromatic rings. The van der Waals surface area contributed by atoms with Gasteiger partial charge in [-0.1, -0.05) is 19.1 Å². The summed E-state index contributed by atoms with van der Waals surface area (Å²) in [6, 6.07) is 10.7. The van der Waals surface area contributed by atoms with E-state index < -0.39 is 9.85 Å². The van der Waals surface area contributed by atoms with Gasteiger partial charge in [-0.2, -0.15) is 5.01 Å². The Hall–Kier alpha value is -3.69. The van der Waals surface area contributed by atoms with Crippen molar-refractivity contribution in [2.45, 2.75) is 13.8 Å². The van der Waals surface area contributed by atoms with Crippen LogP contribution in [0.15, 0.2) is 58.9 Å². The molecule has 0 aliphatic heterocycles. The van der Waals surface area contributed by atoms with E-state index in [4.69, 9.17) is 0 Å². The zero-order valence-electron chi connectivity index (χ0n) is 14.0. The van der Waals surface area contributed by atoms with E-state index in [1.54, 1.807) is 13.8 Å². The van der Waals surface area contributed by atoms with Crippen LogP contribution in [0.4, 0.5) is 22.7 Å². The number of anilines is 1. The summed E-state index contributed by atoms with van der Waals surface area (Å²) in [7, 11) is 0. The average Bonchev–Trinajstić information content (AvgIpc) is 2.62. The minimum atomic E-state index is -0.545. The van der Waals surface area contributed by atoms with E-state index in [9.17, 15) is 25.0 Å². The topological polar surface area (TPSA) is 131 Å². The van der Waals surface area contributed by atoms with Crippen LogP contribution in [0, 0.1) is 26.1 Å². The first-order valence-electron chi connectivity index (χ1n) is 7.54. The molecule has 10 heteroatoms. The lowest BCUT2D eigenvalue weighted by Crippen LogP contribution is -2.29. The third kappa shape index (κ3) is 4.44. The maximum atomic E-state index is 12.4. The van der Waals surface area contributed by atoms with Gasteiger partial charge in [0, 0.05) is 30.2 Å². The summed E-state index contributed by atoms with van der Waals surface area (Å²) in [5.41, 5.74) is 0.437. The summed E-state index contributed by atoms with van der Waals surface area (Å²) in [4.78, 5) is 32.7. The molecular formula is C16H15N5O5. The lowest BCUT2D eigenvalue weighted by molar-refractivity contribution is -0.385. The van der Waals surface area contributed by atoms with E-state index in [1.165, 1.54) is 48.5 Å². The van der Waals surface area contributed by atoms with E-state index in [1.807, 2.05) is 0 Å². The fourth-order valence-corrected chi connectivity index (χ4v) is 1.92. The van der Waals surface area contributed by atoms with Crippen molar-refractivity contribution < 1.29 is 14.6 Å². The second kappa shape index (κ2) is 7.92. The predicted molar refractivity (Wildman–Crippen MR) is 93.0 cm³/mol. The number of hydrogen-bond acceptors (Lipinski definition) is 7. The summed E-state index contributed by atoms with van der Waals surface area (Å²) in [6.45, 7) is 3.37. The van der Waals surface area contributed by atoms with E-state index >= 15 is 0 Å². The number of nitro benzene ring substituents is 2. The van der Waals surface area contributed by atoms with Crippen molar-refractivity contribution in [2.75, 3.05) is 5.01 Å². The minimum absolute atomic E-state index is 0.0885. The molecule has 0 spiro atoms. The monoisotopic (exact) mass is 357 g/mol. The van der Waals surface area contributed by atoms with E-state index in [0.29, 0.717) is 11.4 Å². The number of carbonyl (C=O) groups is 1. The van der Waals surface area contributed by atoms with E-state index in [-0.39, 0.29) is 23.2 Å². The zero-order chi connectivity index (χ0) is 19.3. The van der Waals surface area contributed by atoms with Crippen LogP contribution < -0.4 is 5.01 Å². The predicted octanol–water partition coefficient (Wildman–Crippen LogP) is 4.19. The molecule has 26 heavy (non-hydrogen) atoms. The Morgan fingerprint density at radius 3 is 1.81 bits per heavy atom. The van der Waals surface area contributed by atoms with Gasteiger partial charge in [-0.15, -0.1) is 5.11 Å². The van der Waals surface area contributed by atoms with Gasteiger partial charge >= 0.3 is 0 Å². The Morgan fingerprint density at radius 1 is 0.923 bits per heavy atom. The SMILES string of the molecule is CC(C)C(=O)N(N=Nc1ccc([N+](=O)[O-])cc1)c1ccc([N+](=O)[O-])cc1. The van der Waals surface area contributed by atoms with Crippen molar-refractivity contribution in [3.8, 4) is 0 Å². The highest BCUT2D eigenvalue weighted by Gasteiger charge is 2.20. The largest absolute Gasteiger partial charge is 0.272 e. The maximum absolute atomic E-state index is 12.4. The molecule has 0 saturated heterocycles. The summed E-state index contributed by atoms with van der Waals surface area (Å²) >= 11 is 0. The van der Waals surface area contributed by atoms with Crippen molar-refractivity contribution in [3.63, 3.8) is 0 Å². The highest BCUT2D eigenvalue weighted by molar-refractivity contribution is 5.93. The van der Waals surface area contributed by atoms with E-state index in [0.717, 1.165) is 5.01 Å². The van der Waals surface area contributed by atoms with Crippen LogP contribution in [0.5, 0.6) is 0 Å². The van der Waals surface area contributed by atoms with Crippen molar-refractivity contribution >= 4 is 28.7 Å². The van der Waals surface area contributed by atoms with Crippen molar-refractivity contribution in [3.05, 3.63) is 68.8 Å². The lowest BCUT2D eigenvalue weighted by Gasteiger charge is -2.17. The second-order valence-corrected chi connectivity index (χ2v) is 5.54. The van der Waals surface area contributed by atoms with Gasteiger partial charge in [-0.25, -0.2) is 0 Å². The van der Waals surface area contributed by atoms with Crippen LogP contribution in [0.1, 0.15) is 13.8 Å². The molecule has 0 N–H and O–H groups in total. The first kappa shape index (κ1) is 18.6. The van der Waals surface area contributed by atoms with Crippen LogP contribution in [0.3, 0.4) is 0 Å². The Balaban J connectivity index is 2.31. The number of non-ortho nitro benzene ring substituents is 2. The third-order valence-corrected chi connectivity index (χ3v) is 3.32. The molecular weight excluding hydrogens is 342 g/mol. The number of nitrogens with zero attached hydrogens (tertiary/aromatic N) is 5. The Morgan fingerprint density at radius 2 is 1.38 bits per heavy atom. The normalized spacial score (nSPS) is 10.9. The smallest absolute Gasteiger partial charge is 0.269 e. The van der Waals surface area contributed by atoms with Crippen LogP contribution in [-0.4, -0.2) is 15.8 Å². The maximum Gasteiger partial charge on any atom is 0.269 e. The zero-order valence-corrected chi connectivity index (χ0v) is 14.0. The van der Waals surface area contributed by atoms with Gasteiger partial charge in [-0.05, 0) is 24.3 Å². The molecule has 2 rings (SSSR count). The van der Waals surface area contributed by atoms with Gasteiger partial charge < -0.3 is 0 Å². The van der Waals surface area contributed by atoms with Crippen LogP contribution in [0.2, 0.25) is 0 Å². The van der Waals surface area contributed by atoms with Gasteiger partial charge in [0.05, 0.1) is 21.2 Å². The molecule has 0 aliphatic rings. The highest BCUT2D eigenvalue weighted by atomic mass is 16.6. The number of nitro groups is 2. The van der Waals surface area contributed by atoms with E-state index in [2.05, 4.69) is 10.3 Å². The highest BCUT2D eigenvalue weighted by Crippen LogP contribution is 2.24. The molecule has 134 valence electrons. The number of carbonyl (C=O) groups excluding carboxylic acids is 1. The molecule has 2 aromatic carbocycles. The molecule has 0 saturated carbocycles. The molecule has 0 aliphatic carbocycles. The van der Waals surface area contributed by atoms with Gasteiger partial charge in [0.15, 0.2) is 0 Å². The number of rotatable bonds is 6. The fourth-order valence-electron chi connectivity index (χ4n) is 1.92. The lowest BCUT2D eigenvalue weighted by atomic mass is 10.2. The summed E-state index contributed by atoms with van der Waals surface area (Å²) in [6.07, 6.45) is 0.